The Balaban J connectivity index is 1.72. The largest absolute Gasteiger partial charge is 0.391 e. The fourth-order valence-corrected chi connectivity index (χ4v) is 5.07. The van der Waals surface area contributed by atoms with Crippen LogP contribution in [0.4, 0.5) is 5.00 Å². The molecule has 27 heavy (non-hydrogen) atoms. The van der Waals surface area contributed by atoms with Crippen LogP contribution in [0.3, 0.4) is 0 Å². The van der Waals surface area contributed by atoms with Gasteiger partial charge in [-0.25, -0.2) is 9.97 Å². The highest BCUT2D eigenvalue weighted by Gasteiger charge is 2.27. The Hall–Kier alpha value is -2.58. The van der Waals surface area contributed by atoms with E-state index in [1.807, 2.05) is 25.3 Å². The molecule has 8 heteroatoms. The first-order valence-corrected chi connectivity index (χ1v) is 10.2. The van der Waals surface area contributed by atoms with Crippen LogP contribution in [0.15, 0.2) is 42.3 Å². The lowest BCUT2D eigenvalue weighted by molar-refractivity contribution is 0.174. The van der Waals surface area contributed by atoms with E-state index < -0.39 is 0 Å². The summed E-state index contributed by atoms with van der Waals surface area (Å²) in [4.78, 5) is 22.4. The van der Waals surface area contributed by atoms with Gasteiger partial charge < -0.3 is 9.74 Å². The number of aryl methyl sites for hydroxylation is 1. The van der Waals surface area contributed by atoms with Crippen molar-refractivity contribution in [3.8, 4) is 20.5 Å². The second-order valence-corrected chi connectivity index (χ2v) is 8.12. The van der Waals surface area contributed by atoms with E-state index in [0.717, 1.165) is 55.5 Å². The van der Waals surface area contributed by atoms with Gasteiger partial charge in [0.2, 0.25) is 0 Å². The van der Waals surface area contributed by atoms with Crippen molar-refractivity contribution in [2.45, 2.75) is 13.3 Å². The minimum atomic E-state index is 0.397. The zero-order valence-electron chi connectivity index (χ0n) is 15.2. The quantitative estimate of drug-likeness (QED) is 0.363. The van der Waals surface area contributed by atoms with Gasteiger partial charge in [-0.3, -0.25) is 4.98 Å². The van der Waals surface area contributed by atoms with Crippen LogP contribution in [0.25, 0.3) is 20.5 Å². The molecule has 0 saturated carbocycles. The molecule has 0 aliphatic carbocycles. The maximum absolute atomic E-state index is 5.31. The van der Waals surface area contributed by atoms with Crippen LogP contribution < -0.4 is 4.90 Å². The van der Waals surface area contributed by atoms with Gasteiger partial charge in [0.25, 0.3) is 0 Å². The molecule has 1 aliphatic heterocycles. The molecule has 0 radical (unpaired) electrons. The van der Waals surface area contributed by atoms with E-state index in [0.29, 0.717) is 6.61 Å². The van der Waals surface area contributed by atoms with Crippen molar-refractivity contribution in [2.24, 2.45) is 5.16 Å². The molecule has 3 aromatic heterocycles. The van der Waals surface area contributed by atoms with E-state index in [9.17, 15) is 0 Å². The van der Waals surface area contributed by atoms with Crippen molar-refractivity contribution in [1.29, 1.82) is 0 Å². The summed E-state index contributed by atoms with van der Waals surface area (Å²) >= 11 is 3.32. The smallest absolute Gasteiger partial charge is 0.138 e. The molecule has 0 fully saturated rings. The van der Waals surface area contributed by atoms with Crippen LogP contribution in [0.2, 0.25) is 0 Å². The average Bonchev–Trinajstić information content (AvgIpc) is 3.29. The van der Waals surface area contributed by atoms with Gasteiger partial charge in [0.1, 0.15) is 33.0 Å². The molecule has 0 unspecified atom stereocenters. The van der Waals surface area contributed by atoms with E-state index >= 15 is 0 Å². The summed E-state index contributed by atoms with van der Waals surface area (Å²) in [5.74, 6) is 0. The molecule has 6 nitrogen and oxygen atoms in total. The van der Waals surface area contributed by atoms with Crippen LogP contribution in [0.1, 0.15) is 17.8 Å². The first-order valence-electron chi connectivity index (χ1n) is 8.57. The van der Waals surface area contributed by atoms with Crippen molar-refractivity contribution in [2.75, 3.05) is 25.1 Å². The molecule has 3 aromatic rings. The maximum Gasteiger partial charge on any atom is 0.138 e. The lowest BCUT2D eigenvalue weighted by Crippen LogP contribution is -2.27. The van der Waals surface area contributed by atoms with Crippen molar-refractivity contribution in [3.05, 3.63) is 48.6 Å². The van der Waals surface area contributed by atoms with Gasteiger partial charge in [-0.1, -0.05) is 29.1 Å². The molecule has 0 spiro atoms. The second-order valence-electron chi connectivity index (χ2n) is 6.14. The molecule has 4 heterocycles. The van der Waals surface area contributed by atoms with E-state index in [2.05, 4.69) is 28.7 Å². The summed E-state index contributed by atoms with van der Waals surface area (Å²) in [6, 6.07) is 3.95. The molecule has 4 rings (SSSR count). The van der Waals surface area contributed by atoms with E-state index in [4.69, 9.17) is 14.8 Å². The zero-order chi connectivity index (χ0) is 18.8. The predicted octanol–water partition coefficient (Wildman–Crippen LogP) is 4.38. The molecular weight excluding hydrogens is 378 g/mol. The molecule has 0 saturated heterocycles. The Kier molecular flexibility index (Phi) is 5.00. The molecule has 0 amide bonds. The number of hydrogen-bond donors (Lipinski definition) is 0. The second kappa shape index (κ2) is 7.58. The fourth-order valence-electron chi connectivity index (χ4n) is 2.81. The summed E-state index contributed by atoms with van der Waals surface area (Å²) in [6.07, 6.45) is 6.11. The molecule has 138 valence electrons. The molecule has 0 bridgehead atoms. The number of thiazole rings is 2. The van der Waals surface area contributed by atoms with Crippen molar-refractivity contribution in [3.63, 3.8) is 0 Å². The Bertz CT molecular complexity index is 993. The summed E-state index contributed by atoms with van der Waals surface area (Å²) < 4.78 is 0. The highest BCUT2D eigenvalue weighted by Crippen LogP contribution is 2.42. The summed E-state index contributed by atoms with van der Waals surface area (Å²) in [5, 5.41) is 7.32. The van der Waals surface area contributed by atoms with Crippen LogP contribution in [0, 0.1) is 6.92 Å². The monoisotopic (exact) mass is 397 g/mol. The number of aromatic nitrogens is 3. The van der Waals surface area contributed by atoms with E-state index in [-0.39, 0.29) is 0 Å². The number of pyridine rings is 1. The zero-order valence-corrected chi connectivity index (χ0v) is 16.8. The topological polar surface area (TPSA) is 63.5 Å². The summed E-state index contributed by atoms with van der Waals surface area (Å²) in [5.41, 5.74) is 3.80. The number of nitrogens with zero attached hydrogens (tertiary/aromatic N) is 5. The highest BCUT2D eigenvalue weighted by atomic mass is 32.1. The number of rotatable bonds is 5. The summed E-state index contributed by atoms with van der Waals surface area (Å²) in [6.45, 7) is 6.97. The molecule has 0 N–H and O–H groups in total. The minimum absolute atomic E-state index is 0.397. The van der Waals surface area contributed by atoms with Gasteiger partial charge in [-0.2, -0.15) is 0 Å². The fraction of sp³-hybridized carbons (Fsp3) is 0.263. The summed E-state index contributed by atoms with van der Waals surface area (Å²) in [7, 11) is 2.09. The highest BCUT2D eigenvalue weighted by molar-refractivity contribution is 7.25. The first-order chi connectivity index (χ1) is 13.2. The van der Waals surface area contributed by atoms with Crippen molar-refractivity contribution in [1.82, 2.24) is 15.0 Å². The van der Waals surface area contributed by atoms with Gasteiger partial charge in [0.05, 0.1) is 10.6 Å². The predicted molar refractivity (Wildman–Crippen MR) is 112 cm³/mol. The van der Waals surface area contributed by atoms with Gasteiger partial charge in [0, 0.05) is 38.0 Å². The number of anilines is 1. The lowest BCUT2D eigenvalue weighted by atomic mass is 10.1. The maximum atomic E-state index is 5.31. The Morgan fingerprint density at radius 1 is 1.33 bits per heavy atom. The lowest BCUT2D eigenvalue weighted by Gasteiger charge is -2.23. The molecule has 1 aliphatic rings. The number of oxime groups is 1. The normalized spacial score (nSPS) is 15.0. The minimum Gasteiger partial charge on any atom is -0.391 e. The van der Waals surface area contributed by atoms with Gasteiger partial charge in [0.15, 0.2) is 0 Å². The Labute approximate surface area is 165 Å². The number of hydrogen-bond acceptors (Lipinski definition) is 8. The number of fused-ring (bicyclic) bond motifs is 1. The Morgan fingerprint density at radius 3 is 3.00 bits per heavy atom. The van der Waals surface area contributed by atoms with Crippen molar-refractivity contribution < 1.29 is 4.84 Å². The molecule has 0 aromatic carbocycles. The van der Waals surface area contributed by atoms with Crippen LogP contribution >= 0.6 is 22.7 Å². The first kappa shape index (κ1) is 17.8. The van der Waals surface area contributed by atoms with Gasteiger partial charge in [-0.15, -0.1) is 11.3 Å². The average molecular weight is 398 g/mol. The Morgan fingerprint density at radius 2 is 2.22 bits per heavy atom. The molecular formula is C19H19N5OS2. The van der Waals surface area contributed by atoms with Crippen molar-refractivity contribution >= 4 is 33.4 Å². The van der Waals surface area contributed by atoms with Crippen LogP contribution in [-0.4, -0.2) is 40.9 Å². The molecule has 0 atom stereocenters. The van der Waals surface area contributed by atoms with Gasteiger partial charge in [-0.05, 0) is 19.1 Å². The third kappa shape index (κ3) is 3.50. The standard InChI is InChI=1S/C19H19N5OS2/c1-4-10-25-23-14-7-9-24(3)19-15(14)22-18(27-19)16-12(2)21-17(26-16)13-6-5-8-20-11-13/h4-6,8,11H,1,7,9-10H2,2-3H3/b23-14+. The third-order valence-electron chi connectivity index (χ3n) is 4.18. The SMILES string of the molecule is C=CCO/N=C1\CCN(C)c2sc(-c3sc(-c4cccnc4)nc3C)nc21. The van der Waals surface area contributed by atoms with E-state index in [1.165, 1.54) is 0 Å². The third-order valence-corrected chi connectivity index (χ3v) is 6.71. The van der Waals surface area contributed by atoms with Gasteiger partial charge >= 0.3 is 0 Å². The van der Waals surface area contributed by atoms with Crippen LogP contribution in [0.5, 0.6) is 0 Å². The van der Waals surface area contributed by atoms with E-state index in [1.54, 1.807) is 34.9 Å². The van der Waals surface area contributed by atoms with Crippen LogP contribution in [-0.2, 0) is 4.84 Å².